The molecular weight excluding hydrogens is 374 g/mol. The highest BCUT2D eigenvalue weighted by atomic mass is 32.1. The third-order valence-corrected chi connectivity index (χ3v) is 4.63. The summed E-state index contributed by atoms with van der Waals surface area (Å²) in [5.74, 6) is -1.35. The predicted octanol–water partition coefficient (Wildman–Crippen LogP) is 5.02. The van der Waals surface area contributed by atoms with Crippen molar-refractivity contribution in [3.63, 3.8) is 0 Å². The normalized spacial score (nSPS) is 10.9. The second kappa shape index (κ2) is 6.77. The van der Waals surface area contributed by atoms with Gasteiger partial charge in [0.1, 0.15) is 17.4 Å². The van der Waals surface area contributed by atoms with Gasteiger partial charge in [0, 0.05) is 11.6 Å². The van der Waals surface area contributed by atoms with Crippen LogP contribution in [0.1, 0.15) is 10.4 Å². The van der Waals surface area contributed by atoms with Crippen molar-refractivity contribution < 1.29 is 22.7 Å². The number of esters is 1. The van der Waals surface area contributed by atoms with Gasteiger partial charge in [-0.1, -0.05) is 23.5 Å². The molecule has 1 aromatic heterocycles. The summed E-state index contributed by atoms with van der Waals surface area (Å²) in [6.45, 7) is 0. The first kappa shape index (κ1) is 17.1. The van der Waals surface area contributed by atoms with E-state index in [-0.39, 0.29) is 11.3 Å². The summed E-state index contributed by atoms with van der Waals surface area (Å²) in [7, 11) is 0. The summed E-state index contributed by atoms with van der Waals surface area (Å²) in [4.78, 5) is 23.4. The second-order valence-corrected chi connectivity index (χ2v) is 6.63. The molecule has 0 saturated carbocycles. The SMILES string of the molecule is O=C(Oc1cc(-c2ccc(F)cc2)c2oc(=O)sc2c1)c1ccc(F)cc1. The maximum absolute atomic E-state index is 13.2. The average molecular weight is 384 g/mol. The van der Waals surface area contributed by atoms with Gasteiger partial charge >= 0.3 is 10.9 Å². The number of ether oxygens (including phenoxy) is 1. The average Bonchev–Trinajstić information content (AvgIpc) is 3.02. The Morgan fingerprint density at radius 1 is 0.926 bits per heavy atom. The lowest BCUT2D eigenvalue weighted by Gasteiger charge is -2.08. The summed E-state index contributed by atoms with van der Waals surface area (Å²) in [6.07, 6.45) is 0. The molecule has 4 rings (SSSR count). The number of carbonyl (C=O) groups excluding carboxylic acids is 1. The molecule has 27 heavy (non-hydrogen) atoms. The Bertz CT molecular complexity index is 1190. The summed E-state index contributed by atoms with van der Waals surface area (Å²) in [5.41, 5.74) is 1.61. The van der Waals surface area contributed by atoms with Crippen LogP contribution in [0.3, 0.4) is 0 Å². The predicted molar refractivity (Wildman–Crippen MR) is 97.1 cm³/mol. The van der Waals surface area contributed by atoms with Gasteiger partial charge in [0.2, 0.25) is 0 Å². The summed E-state index contributed by atoms with van der Waals surface area (Å²) in [6, 6.07) is 13.6. The smallest absolute Gasteiger partial charge is 0.396 e. The van der Waals surface area contributed by atoms with E-state index in [0.717, 1.165) is 23.5 Å². The summed E-state index contributed by atoms with van der Waals surface area (Å²) >= 11 is 0.866. The maximum atomic E-state index is 13.2. The first-order valence-electron chi connectivity index (χ1n) is 7.81. The van der Waals surface area contributed by atoms with Gasteiger partial charge < -0.3 is 9.15 Å². The Hall–Kier alpha value is -3.32. The van der Waals surface area contributed by atoms with Crippen LogP contribution < -0.4 is 9.68 Å². The molecule has 0 aliphatic carbocycles. The van der Waals surface area contributed by atoms with Crippen LogP contribution in [0.5, 0.6) is 5.75 Å². The zero-order valence-electron chi connectivity index (χ0n) is 13.6. The maximum Gasteiger partial charge on any atom is 0.396 e. The van der Waals surface area contributed by atoms with E-state index in [1.165, 1.54) is 48.5 Å². The van der Waals surface area contributed by atoms with Gasteiger partial charge in [0.15, 0.2) is 5.58 Å². The van der Waals surface area contributed by atoms with E-state index in [1.807, 2.05) is 0 Å². The monoisotopic (exact) mass is 384 g/mol. The van der Waals surface area contributed by atoms with Gasteiger partial charge in [-0.15, -0.1) is 0 Å². The molecule has 7 heteroatoms. The van der Waals surface area contributed by atoms with Crippen LogP contribution in [0.25, 0.3) is 21.4 Å². The van der Waals surface area contributed by atoms with E-state index in [2.05, 4.69) is 0 Å². The summed E-state index contributed by atoms with van der Waals surface area (Å²) < 4.78 is 37.3. The largest absolute Gasteiger partial charge is 0.423 e. The molecule has 0 radical (unpaired) electrons. The first-order chi connectivity index (χ1) is 13.0. The van der Waals surface area contributed by atoms with Crippen LogP contribution in [-0.4, -0.2) is 5.97 Å². The minimum atomic E-state index is -0.671. The van der Waals surface area contributed by atoms with Gasteiger partial charge in [-0.25, -0.2) is 18.4 Å². The fourth-order valence-electron chi connectivity index (χ4n) is 2.61. The standard InChI is InChI=1S/C20H10F2O4S/c21-13-5-1-11(2-6-13)16-9-15(10-17-18(16)26-20(24)27-17)25-19(23)12-3-7-14(22)8-4-12/h1-10H. The molecule has 4 nitrogen and oxygen atoms in total. The van der Waals surface area contributed by atoms with Crippen LogP contribution in [-0.2, 0) is 0 Å². The minimum absolute atomic E-state index is 0.181. The molecule has 0 amide bonds. The highest BCUT2D eigenvalue weighted by Gasteiger charge is 2.16. The molecule has 1 heterocycles. The van der Waals surface area contributed by atoms with Crippen LogP contribution in [0.15, 0.2) is 69.9 Å². The third kappa shape index (κ3) is 3.50. The highest BCUT2D eigenvalue weighted by Crippen LogP contribution is 2.34. The molecular formula is C20H10F2O4S. The molecule has 0 aliphatic rings. The van der Waals surface area contributed by atoms with Gasteiger partial charge in [0.25, 0.3) is 0 Å². The molecule has 0 atom stereocenters. The molecule has 0 fully saturated rings. The van der Waals surface area contributed by atoms with Crippen molar-refractivity contribution in [2.45, 2.75) is 0 Å². The molecule has 0 aliphatic heterocycles. The second-order valence-electron chi connectivity index (χ2n) is 5.66. The Labute approximate surface area is 155 Å². The molecule has 3 aromatic carbocycles. The van der Waals surface area contributed by atoms with Crippen LogP contribution in [0.4, 0.5) is 8.78 Å². The van der Waals surface area contributed by atoms with Crippen molar-refractivity contribution in [1.29, 1.82) is 0 Å². The lowest BCUT2D eigenvalue weighted by atomic mass is 10.0. The van der Waals surface area contributed by atoms with Crippen LogP contribution >= 0.6 is 11.3 Å². The Balaban J connectivity index is 1.77. The fraction of sp³-hybridized carbons (Fsp3) is 0. The molecule has 0 bridgehead atoms. The quantitative estimate of drug-likeness (QED) is 0.368. The first-order valence-corrected chi connectivity index (χ1v) is 8.62. The van der Waals surface area contributed by atoms with Gasteiger partial charge in [0.05, 0.1) is 10.3 Å². The molecule has 0 spiro atoms. The van der Waals surface area contributed by atoms with Crippen molar-refractivity contribution in [3.8, 4) is 16.9 Å². The van der Waals surface area contributed by atoms with Gasteiger partial charge in [-0.05, 0) is 48.0 Å². The third-order valence-electron chi connectivity index (χ3n) is 3.85. The number of hydrogen-bond acceptors (Lipinski definition) is 5. The van der Waals surface area contributed by atoms with E-state index in [0.29, 0.717) is 21.4 Å². The number of halogens is 2. The minimum Gasteiger partial charge on any atom is -0.423 e. The van der Waals surface area contributed by atoms with Crippen molar-refractivity contribution in [3.05, 3.63) is 87.6 Å². The van der Waals surface area contributed by atoms with Crippen molar-refractivity contribution in [1.82, 2.24) is 0 Å². The molecule has 0 N–H and O–H groups in total. The fourth-order valence-corrected chi connectivity index (χ4v) is 3.33. The summed E-state index contributed by atoms with van der Waals surface area (Å²) in [5, 5.41) is 0. The van der Waals surface area contributed by atoms with E-state index >= 15 is 0 Å². The Morgan fingerprint density at radius 2 is 1.56 bits per heavy atom. The number of fused-ring (bicyclic) bond motifs is 1. The van der Waals surface area contributed by atoms with Crippen molar-refractivity contribution in [2.24, 2.45) is 0 Å². The zero-order chi connectivity index (χ0) is 19.0. The highest BCUT2D eigenvalue weighted by molar-refractivity contribution is 7.16. The lowest BCUT2D eigenvalue weighted by Crippen LogP contribution is -2.08. The number of hydrogen-bond donors (Lipinski definition) is 0. The Kier molecular flexibility index (Phi) is 4.29. The van der Waals surface area contributed by atoms with Crippen LogP contribution in [0, 0.1) is 11.6 Å². The molecule has 134 valence electrons. The van der Waals surface area contributed by atoms with E-state index < -0.39 is 22.5 Å². The van der Waals surface area contributed by atoms with Crippen LogP contribution in [0.2, 0.25) is 0 Å². The number of benzene rings is 3. The Morgan fingerprint density at radius 3 is 2.22 bits per heavy atom. The van der Waals surface area contributed by atoms with E-state index in [1.54, 1.807) is 0 Å². The molecule has 4 aromatic rings. The molecule has 0 saturated heterocycles. The van der Waals surface area contributed by atoms with Crippen molar-refractivity contribution in [2.75, 3.05) is 0 Å². The van der Waals surface area contributed by atoms with E-state index in [4.69, 9.17) is 9.15 Å². The van der Waals surface area contributed by atoms with Gasteiger partial charge in [-0.3, -0.25) is 0 Å². The van der Waals surface area contributed by atoms with E-state index in [9.17, 15) is 18.4 Å². The van der Waals surface area contributed by atoms with Gasteiger partial charge in [-0.2, -0.15) is 0 Å². The number of rotatable bonds is 3. The number of carbonyl (C=O) groups is 1. The topological polar surface area (TPSA) is 56.5 Å². The van der Waals surface area contributed by atoms with Crippen molar-refractivity contribution >= 4 is 27.6 Å². The zero-order valence-corrected chi connectivity index (χ0v) is 14.4. The molecule has 0 unspecified atom stereocenters. The lowest BCUT2D eigenvalue weighted by molar-refractivity contribution is 0.0735.